The van der Waals surface area contributed by atoms with Gasteiger partial charge in [-0.15, -0.1) is 21.5 Å². The molecule has 1 aromatic carbocycles. The number of carbonyl (C=O) groups is 1. The predicted molar refractivity (Wildman–Crippen MR) is 135 cm³/mol. The van der Waals surface area contributed by atoms with Crippen LogP contribution in [-0.4, -0.2) is 46.4 Å². The zero-order valence-corrected chi connectivity index (χ0v) is 22.2. The van der Waals surface area contributed by atoms with E-state index in [1.54, 1.807) is 11.3 Å². The number of rotatable bonds is 6. The van der Waals surface area contributed by atoms with Crippen LogP contribution in [0.1, 0.15) is 62.1 Å². The molecule has 3 aromatic rings. The molecular formula is C28H34ClN3O3S. The van der Waals surface area contributed by atoms with Gasteiger partial charge in [0.2, 0.25) is 5.89 Å². The van der Waals surface area contributed by atoms with Crippen molar-refractivity contribution in [3.63, 3.8) is 0 Å². The zero-order valence-electron chi connectivity index (χ0n) is 20.6. The van der Waals surface area contributed by atoms with Crippen LogP contribution in [0.25, 0.3) is 11.5 Å². The lowest BCUT2D eigenvalue weighted by atomic mass is 9.78. The second kappa shape index (κ2) is 10.6. The van der Waals surface area contributed by atoms with Crippen LogP contribution in [0.2, 0.25) is 0 Å². The van der Waals surface area contributed by atoms with Crippen molar-refractivity contribution in [3.8, 4) is 11.5 Å². The summed E-state index contributed by atoms with van der Waals surface area (Å²) in [5.74, 6) is 1.73. The minimum Gasteiger partial charge on any atom is -1.00 e. The van der Waals surface area contributed by atoms with Crippen molar-refractivity contribution < 1.29 is 30.8 Å². The Morgan fingerprint density at radius 1 is 1.03 bits per heavy atom. The Morgan fingerprint density at radius 2 is 1.78 bits per heavy atom. The van der Waals surface area contributed by atoms with Crippen LogP contribution in [0.3, 0.4) is 0 Å². The van der Waals surface area contributed by atoms with Crippen LogP contribution in [0, 0.1) is 5.92 Å². The third kappa shape index (κ3) is 4.85. The van der Waals surface area contributed by atoms with E-state index in [1.165, 1.54) is 17.7 Å². The molecule has 5 heterocycles. The Bertz CT molecular complexity index is 1130. The molecule has 4 fully saturated rings. The second-order valence-corrected chi connectivity index (χ2v) is 11.7. The number of thiophene rings is 1. The number of ether oxygens (including phenoxy) is 1. The van der Waals surface area contributed by atoms with E-state index in [1.807, 2.05) is 30.3 Å². The average molecular weight is 528 g/mol. The fourth-order valence-corrected chi connectivity index (χ4v) is 7.54. The number of benzene rings is 1. The Kier molecular flexibility index (Phi) is 7.52. The van der Waals surface area contributed by atoms with Crippen molar-refractivity contribution in [1.29, 1.82) is 0 Å². The summed E-state index contributed by atoms with van der Waals surface area (Å²) < 4.78 is 13.4. The molecule has 0 spiro atoms. The van der Waals surface area contributed by atoms with Crippen LogP contribution in [0.15, 0.2) is 52.3 Å². The van der Waals surface area contributed by atoms with Gasteiger partial charge in [0.05, 0.1) is 13.1 Å². The molecule has 4 aliphatic rings. The summed E-state index contributed by atoms with van der Waals surface area (Å²) in [6.45, 7) is 3.71. The summed E-state index contributed by atoms with van der Waals surface area (Å²) in [4.78, 5) is 15.1. The topological polar surface area (TPSA) is 65.2 Å². The molecule has 2 aromatic heterocycles. The largest absolute Gasteiger partial charge is 1.00 e. The number of nitrogens with zero attached hydrogens (tertiary/aromatic N) is 3. The number of aromatic nitrogens is 2. The molecule has 3 saturated heterocycles. The van der Waals surface area contributed by atoms with Gasteiger partial charge in [-0.3, -0.25) is 4.79 Å². The lowest BCUT2D eigenvalue weighted by Gasteiger charge is -2.51. The molecule has 0 N–H and O–H groups in total. The monoisotopic (exact) mass is 527 g/mol. The molecule has 0 unspecified atom stereocenters. The van der Waals surface area contributed by atoms with Crippen molar-refractivity contribution in [1.82, 2.24) is 10.2 Å². The molecule has 1 aliphatic carbocycles. The molecule has 1 saturated carbocycles. The van der Waals surface area contributed by atoms with E-state index >= 15 is 0 Å². The lowest BCUT2D eigenvalue weighted by Crippen LogP contribution is -3.00. The summed E-state index contributed by atoms with van der Waals surface area (Å²) in [5, 5.41) is 10.8. The van der Waals surface area contributed by atoms with E-state index in [0.29, 0.717) is 24.2 Å². The summed E-state index contributed by atoms with van der Waals surface area (Å²) in [7, 11) is 0. The molecule has 8 heteroatoms. The predicted octanol–water partition coefficient (Wildman–Crippen LogP) is 2.75. The first kappa shape index (κ1) is 25.4. The second-order valence-electron chi connectivity index (χ2n) is 10.8. The molecule has 3 aliphatic heterocycles. The Balaban J connectivity index is 0.00000267. The third-order valence-electron chi connectivity index (χ3n) is 8.60. The molecule has 7 rings (SSSR count). The van der Waals surface area contributed by atoms with Crippen LogP contribution in [0.4, 0.5) is 0 Å². The smallest absolute Gasteiger partial charge is 0.317 e. The maximum absolute atomic E-state index is 13.9. The standard InChI is InChI=1S/C28H34N3O3S.ClH/c32-27(28(24-11-8-18-35-24)14-6-1-2-7-15-28)33-23-19-31(16-12-21(23)13-17-31)20-25-29-30-26(34-25)22-9-4-3-5-10-22;/h3-5,8-11,18,21,23H,1-2,6-7,12-17,19-20H2;1H/q+1;/p-1/t21?,23-,31?;/m0./s1. The molecule has 0 amide bonds. The van der Waals surface area contributed by atoms with E-state index in [0.717, 1.165) is 68.2 Å². The van der Waals surface area contributed by atoms with Gasteiger partial charge in [0.25, 0.3) is 5.89 Å². The van der Waals surface area contributed by atoms with Gasteiger partial charge in [-0.05, 0) is 36.4 Å². The lowest BCUT2D eigenvalue weighted by molar-refractivity contribution is -0.959. The highest BCUT2D eigenvalue weighted by atomic mass is 35.5. The summed E-state index contributed by atoms with van der Waals surface area (Å²) in [6, 6.07) is 14.1. The highest BCUT2D eigenvalue weighted by Gasteiger charge is 2.51. The number of piperidine rings is 3. The molecule has 1 atom stereocenters. The minimum atomic E-state index is -0.460. The molecule has 6 nitrogen and oxygen atoms in total. The van der Waals surface area contributed by atoms with Gasteiger partial charge in [-0.2, -0.15) is 0 Å². The van der Waals surface area contributed by atoms with Gasteiger partial charge in [0, 0.05) is 29.2 Å². The van der Waals surface area contributed by atoms with Gasteiger partial charge >= 0.3 is 5.97 Å². The van der Waals surface area contributed by atoms with Crippen LogP contribution in [-0.2, 0) is 21.5 Å². The fraction of sp³-hybridized carbons (Fsp3) is 0.536. The molecular weight excluding hydrogens is 494 g/mol. The van der Waals surface area contributed by atoms with Crippen molar-refractivity contribution in [2.75, 3.05) is 19.6 Å². The average Bonchev–Trinajstić information content (AvgIpc) is 3.53. The third-order valence-corrected chi connectivity index (χ3v) is 9.67. The molecule has 192 valence electrons. The first-order valence-electron chi connectivity index (χ1n) is 13.1. The molecule has 36 heavy (non-hydrogen) atoms. The van der Waals surface area contributed by atoms with E-state index in [-0.39, 0.29) is 24.5 Å². The van der Waals surface area contributed by atoms with Gasteiger partial charge in [0.15, 0.2) is 12.6 Å². The van der Waals surface area contributed by atoms with E-state index < -0.39 is 5.41 Å². The Morgan fingerprint density at radius 3 is 2.47 bits per heavy atom. The van der Waals surface area contributed by atoms with Crippen molar-refractivity contribution in [2.24, 2.45) is 5.92 Å². The van der Waals surface area contributed by atoms with Gasteiger partial charge in [0.1, 0.15) is 12.0 Å². The number of esters is 1. The van der Waals surface area contributed by atoms with E-state index in [2.05, 4.69) is 27.7 Å². The normalized spacial score (nSPS) is 27.1. The van der Waals surface area contributed by atoms with E-state index in [4.69, 9.17) is 9.15 Å². The Labute approximate surface area is 223 Å². The van der Waals surface area contributed by atoms with Crippen molar-refractivity contribution in [3.05, 3.63) is 58.6 Å². The zero-order chi connectivity index (χ0) is 23.7. The summed E-state index contributed by atoms with van der Waals surface area (Å²) >= 11 is 1.71. The van der Waals surface area contributed by atoms with E-state index in [9.17, 15) is 4.79 Å². The summed E-state index contributed by atoms with van der Waals surface area (Å²) in [6.07, 6.45) is 8.59. The molecule has 2 bridgehead atoms. The highest BCUT2D eigenvalue weighted by Crippen LogP contribution is 2.44. The van der Waals surface area contributed by atoms with Crippen LogP contribution in [0.5, 0.6) is 0 Å². The Hall–Kier alpha value is -2.22. The van der Waals surface area contributed by atoms with Gasteiger partial charge < -0.3 is 26.0 Å². The number of halogens is 1. The van der Waals surface area contributed by atoms with Crippen molar-refractivity contribution in [2.45, 2.75) is 69.4 Å². The number of hydrogen-bond acceptors (Lipinski definition) is 6. The first-order chi connectivity index (χ1) is 17.2. The first-order valence-corrected chi connectivity index (χ1v) is 14.0. The quantitative estimate of drug-likeness (QED) is 0.280. The van der Waals surface area contributed by atoms with Gasteiger partial charge in [-0.25, -0.2) is 0 Å². The van der Waals surface area contributed by atoms with Gasteiger partial charge in [-0.1, -0.05) is 49.9 Å². The maximum atomic E-state index is 13.9. The fourth-order valence-electron chi connectivity index (χ4n) is 6.56. The minimum absolute atomic E-state index is 0. The highest BCUT2D eigenvalue weighted by molar-refractivity contribution is 7.10. The SMILES string of the molecule is O=C(O[C@H]1C[N+]2(Cc3nnc(-c4ccccc4)o3)CCC1CC2)C1(c2cccs2)CCCCCC1.[Cl-]. The number of quaternary nitrogens is 1. The summed E-state index contributed by atoms with van der Waals surface area (Å²) in [5.41, 5.74) is 0.483. The molecule has 0 radical (unpaired) electrons. The van der Waals surface area contributed by atoms with Crippen LogP contribution >= 0.6 is 11.3 Å². The van der Waals surface area contributed by atoms with Crippen LogP contribution < -0.4 is 12.4 Å². The maximum Gasteiger partial charge on any atom is 0.317 e. The van der Waals surface area contributed by atoms with Crippen molar-refractivity contribution >= 4 is 17.3 Å². The number of hydrogen-bond donors (Lipinski definition) is 0. The number of carbonyl (C=O) groups excluding carboxylic acids is 1. The number of fused-ring (bicyclic) bond motifs is 3.